The minimum atomic E-state index is -0.324. The van der Waals surface area contributed by atoms with Gasteiger partial charge in [0.05, 0.1) is 0 Å². The maximum atomic E-state index is 11.2. The molecule has 0 saturated heterocycles. The van der Waals surface area contributed by atoms with Gasteiger partial charge in [-0.1, -0.05) is 12.1 Å². The Morgan fingerprint density at radius 3 is 1.77 bits per heavy atom. The first-order chi connectivity index (χ1) is 5.72. The Balaban J connectivity index is 0.000000845. The molecule has 0 unspecified atom stereocenters. The van der Waals surface area contributed by atoms with E-state index in [2.05, 4.69) is 7.05 Å². The number of benzene rings is 1. The van der Waals surface area contributed by atoms with Crippen LogP contribution in [0, 0.1) is 7.05 Å². The molecule has 2 rings (SSSR count). The van der Waals surface area contributed by atoms with Crippen molar-refractivity contribution in [1.82, 2.24) is 4.90 Å². The van der Waals surface area contributed by atoms with Crippen LogP contribution in [0.2, 0.25) is 0 Å². The molecule has 1 aliphatic rings. The first-order valence-corrected chi connectivity index (χ1v) is 3.50. The molecule has 13 heavy (non-hydrogen) atoms. The van der Waals surface area contributed by atoms with Gasteiger partial charge in [-0.25, -0.2) is 7.05 Å². The van der Waals surface area contributed by atoms with Gasteiger partial charge in [0, 0.05) is 43.8 Å². The van der Waals surface area contributed by atoms with Crippen molar-refractivity contribution in [1.29, 1.82) is 0 Å². The van der Waals surface area contributed by atoms with Crippen LogP contribution in [0.1, 0.15) is 20.7 Å². The number of hydrogen-bond donors (Lipinski definition) is 0. The molecule has 0 N–H and O–H groups in total. The van der Waals surface area contributed by atoms with E-state index in [1.807, 2.05) is 0 Å². The Kier molecular flexibility index (Phi) is 2.99. The summed E-state index contributed by atoms with van der Waals surface area (Å²) in [5.74, 6) is -0.647. The molecule has 0 spiro atoms. The summed E-state index contributed by atoms with van der Waals surface area (Å²) in [6, 6.07) is 6.70. The van der Waals surface area contributed by atoms with E-state index in [4.69, 9.17) is 0 Å². The van der Waals surface area contributed by atoms with Crippen molar-refractivity contribution in [2.75, 3.05) is 0 Å². The average molecular weight is 249 g/mol. The van der Waals surface area contributed by atoms with Crippen LogP contribution in [-0.2, 0) is 32.7 Å². The minimum absolute atomic E-state index is 0. The van der Waals surface area contributed by atoms with Crippen LogP contribution in [0.25, 0.3) is 0 Å². The standard InChI is InChI=1S/C9H6NO2.Y/c1-10-8(11)6-4-2-3-5-7(6)9(10)12;/h2-5H,1H2;/q-1;. The molecule has 4 heteroatoms. The van der Waals surface area contributed by atoms with Crippen LogP contribution < -0.4 is 0 Å². The molecular weight excluding hydrogens is 243 g/mol. The molecule has 0 aliphatic carbocycles. The van der Waals surface area contributed by atoms with Crippen LogP contribution in [0.4, 0.5) is 0 Å². The van der Waals surface area contributed by atoms with Crippen molar-refractivity contribution >= 4 is 11.8 Å². The van der Waals surface area contributed by atoms with Gasteiger partial charge in [0.25, 0.3) is 0 Å². The van der Waals surface area contributed by atoms with Gasteiger partial charge in [-0.2, -0.15) is 0 Å². The topological polar surface area (TPSA) is 37.4 Å². The summed E-state index contributed by atoms with van der Waals surface area (Å²) in [4.78, 5) is 23.4. The van der Waals surface area contributed by atoms with E-state index >= 15 is 0 Å². The smallest absolute Gasteiger partial charge is 0.231 e. The third-order valence-corrected chi connectivity index (χ3v) is 1.88. The molecule has 0 saturated carbocycles. The van der Waals surface area contributed by atoms with Crippen LogP contribution in [0.15, 0.2) is 24.3 Å². The Bertz CT molecular complexity index is 341. The van der Waals surface area contributed by atoms with Crippen molar-refractivity contribution in [3.63, 3.8) is 0 Å². The minimum Gasteiger partial charge on any atom is -0.430 e. The summed E-state index contributed by atoms with van der Waals surface area (Å²) in [5, 5.41) is 0. The van der Waals surface area contributed by atoms with Gasteiger partial charge in [0.15, 0.2) is 0 Å². The fraction of sp³-hybridized carbons (Fsp3) is 0. The zero-order chi connectivity index (χ0) is 8.72. The van der Waals surface area contributed by atoms with E-state index in [-0.39, 0.29) is 44.5 Å². The molecule has 1 aliphatic heterocycles. The molecule has 1 aromatic carbocycles. The van der Waals surface area contributed by atoms with Crippen LogP contribution in [-0.4, -0.2) is 16.7 Å². The van der Waals surface area contributed by atoms with Crippen molar-refractivity contribution < 1.29 is 42.3 Å². The first kappa shape index (κ1) is 10.5. The summed E-state index contributed by atoms with van der Waals surface area (Å²) in [6.45, 7) is 0. The van der Waals surface area contributed by atoms with Gasteiger partial charge in [-0.3, -0.25) is 9.59 Å². The van der Waals surface area contributed by atoms with Crippen molar-refractivity contribution in [3.8, 4) is 0 Å². The predicted octanol–water partition coefficient (Wildman–Crippen LogP) is 1.07. The molecule has 0 fully saturated rings. The maximum Gasteiger partial charge on any atom is 0.231 e. The van der Waals surface area contributed by atoms with E-state index in [9.17, 15) is 9.59 Å². The molecule has 0 bridgehead atoms. The van der Waals surface area contributed by atoms with Gasteiger partial charge in [0.2, 0.25) is 11.8 Å². The zero-order valence-corrected chi connectivity index (χ0v) is 9.70. The van der Waals surface area contributed by atoms with E-state index < -0.39 is 0 Å². The number of rotatable bonds is 0. The van der Waals surface area contributed by atoms with E-state index in [0.717, 1.165) is 4.90 Å². The summed E-state index contributed by atoms with van der Waals surface area (Å²) >= 11 is 0. The SMILES string of the molecule is [CH2-]N1C(=O)c2ccccc2C1=O.[Y]. The Morgan fingerprint density at radius 2 is 1.38 bits per heavy atom. The summed E-state index contributed by atoms with van der Waals surface area (Å²) in [5.41, 5.74) is 0.884. The van der Waals surface area contributed by atoms with Gasteiger partial charge < -0.3 is 4.90 Å². The van der Waals surface area contributed by atoms with Crippen molar-refractivity contribution in [3.05, 3.63) is 42.4 Å². The molecule has 0 aromatic heterocycles. The molecule has 0 atom stereocenters. The number of carbonyl (C=O) groups is 2. The Labute approximate surface area is 101 Å². The van der Waals surface area contributed by atoms with Crippen LogP contribution in [0.3, 0.4) is 0 Å². The molecule has 3 nitrogen and oxygen atoms in total. The second-order valence-electron chi connectivity index (χ2n) is 2.58. The Hall–Kier alpha value is -0.536. The second-order valence-corrected chi connectivity index (χ2v) is 2.58. The maximum absolute atomic E-state index is 11.2. The van der Waals surface area contributed by atoms with Crippen molar-refractivity contribution in [2.24, 2.45) is 0 Å². The fourth-order valence-corrected chi connectivity index (χ4v) is 1.24. The summed E-state index contributed by atoms with van der Waals surface area (Å²) in [6.07, 6.45) is 0. The summed E-state index contributed by atoms with van der Waals surface area (Å²) < 4.78 is 0. The zero-order valence-electron chi connectivity index (χ0n) is 6.86. The molecule has 1 heterocycles. The van der Waals surface area contributed by atoms with Gasteiger partial charge in [-0.15, -0.1) is 0 Å². The second kappa shape index (κ2) is 3.68. The quantitative estimate of drug-likeness (QED) is 0.509. The Morgan fingerprint density at radius 1 is 1.00 bits per heavy atom. The molecule has 1 aromatic rings. The largest absolute Gasteiger partial charge is 0.430 e. The van der Waals surface area contributed by atoms with E-state index in [1.54, 1.807) is 24.3 Å². The van der Waals surface area contributed by atoms with Gasteiger partial charge in [-0.05, 0) is 12.1 Å². The summed E-state index contributed by atoms with van der Waals surface area (Å²) in [7, 11) is 3.35. The average Bonchev–Trinajstić information content (AvgIpc) is 2.33. The van der Waals surface area contributed by atoms with E-state index in [0.29, 0.717) is 11.1 Å². The molecule has 1 radical (unpaired) electrons. The number of fused-ring (bicyclic) bond motifs is 1. The normalized spacial score (nSPS) is 14.1. The molecule has 63 valence electrons. The molecule has 2 amide bonds. The number of carbonyl (C=O) groups excluding carboxylic acids is 2. The first-order valence-electron chi connectivity index (χ1n) is 3.50. The van der Waals surface area contributed by atoms with Gasteiger partial charge >= 0.3 is 0 Å². The van der Waals surface area contributed by atoms with E-state index in [1.165, 1.54) is 0 Å². The third-order valence-electron chi connectivity index (χ3n) is 1.88. The number of hydrogen-bond acceptors (Lipinski definition) is 2. The molecular formula is C9H6NO2Y-. The van der Waals surface area contributed by atoms with Gasteiger partial charge in [0.1, 0.15) is 0 Å². The number of amides is 2. The fourth-order valence-electron chi connectivity index (χ4n) is 1.24. The number of nitrogens with zero attached hydrogens (tertiary/aromatic N) is 1. The predicted molar refractivity (Wildman–Crippen MR) is 42.3 cm³/mol. The van der Waals surface area contributed by atoms with Crippen LogP contribution >= 0.6 is 0 Å². The van der Waals surface area contributed by atoms with Crippen molar-refractivity contribution in [2.45, 2.75) is 0 Å². The monoisotopic (exact) mass is 249 g/mol. The third kappa shape index (κ3) is 1.47. The number of imide groups is 1. The van der Waals surface area contributed by atoms with Crippen LogP contribution in [0.5, 0.6) is 0 Å².